The van der Waals surface area contributed by atoms with Crippen LogP contribution in [0.25, 0.3) is 0 Å². The van der Waals surface area contributed by atoms with Gasteiger partial charge in [-0.25, -0.2) is 0 Å². The molecule has 5 heavy (non-hydrogen) atoms. The summed E-state index contributed by atoms with van der Waals surface area (Å²) in [6.45, 7) is 0. The smallest absolute Gasteiger partial charge is 0.396 e. The van der Waals surface area contributed by atoms with E-state index in [1.165, 1.54) is 0 Å². The summed E-state index contributed by atoms with van der Waals surface area (Å²) < 4.78 is 24.5. The predicted molar refractivity (Wildman–Crippen MR) is 2.22 cm³/mol. The van der Waals surface area contributed by atoms with E-state index < -0.39 is 21.1 Å². The molecule has 0 aliphatic carbocycles. The Labute approximate surface area is 74.9 Å². The molecule has 2 radical (unpaired) electrons. The van der Waals surface area contributed by atoms with E-state index in [1.54, 1.807) is 0 Å². The summed E-state index contributed by atoms with van der Waals surface area (Å²) in [6.07, 6.45) is 0. The van der Waals surface area contributed by atoms with Crippen molar-refractivity contribution >= 4 is 0 Å². The van der Waals surface area contributed by atoms with E-state index in [0.29, 0.717) is 0 Å². The van der Waals surface area contributed by atoms with Crippen molar-refractivity contribution in [1.29, 1.82) is 0 Å². The topological polar surface area (TPSA) is 66.3 Å². The summed E-state index contributed by atoms with van der Waals surface area (Å²) in [5, 5.41) is 0. The van der Waals surface area contributed by atoms with Gasteiger partial charge in [0.1, 0.15) is 0 Å². The first-order valence-corrected chi connectivity index (χ1v) is 3.20. The van der Waals surface area contributed by atoms with Gasteiger partial charge in [0.2, 0.25) is 0 Å². The van der Waals surface area contributed by atoms with Crippen molar-refractivity contribution in [3.8, 4) is 0 Å². The van der Waals surface area contributed by atoms with Gasteiger partial charge < -0.3 is 6.87 Å². The van der Waals surface area contributed by atoms with Crippen LogP contribution in [0.1, 0.15) is 0 Å². The van der Waals surface area contributed by atoms with Crippen LogP contribution in [-0.4, -0.2) is 3.44 Å². The average Bonchev–Trinajstić information content (AvgIpc) is 0.811. The summed E-state index contributed by atoms with van der Waals surface area (Å²) in [7, 11) is 0. The van der Waals surface area contributed by atoms with E-state index in [4.69, 9.17) is 10.3 Å². The second-order valence-electron chi connectivity index (χ2n) is 0.201. The minimum absolute atomic E-state index is 0. The first-order valence-electron chi connectivity index (χ1n) is 0.478. The molecule has 0 saturated heterocycles. The Morgan fingerprint density at radius 3 is 1.40 bits per heavy atom. The number of hydrogen-bond acceptors (Lipinski definition) is 3. The fourth-order valence-electron chi connectivity index (χ4n) is 0. The Kier molecular flexibility index (Phi) is 12.3. The molecule has 0 aliphatic rings. The largest absolute Gasteiger partial charge is 0.503 e. The maximum absolute atomic E-state index is 8.68. The molecular weight excluding hydrogens is 401 g/mol. The average molecular weight is 402 g/mol. The standard InChI is InChI=1S/HIO3.Ra/c2-1(3)4;/h2H;. The van der Waals surface area contributed by atoms with Gasteiger partial charge in [-0.1, -0.05) is 0 Å². The van der Waals surface area contributed by atoms with Gasteiger partial charge in [0.25, 0.3) is 0 Å². The van der Waals surface area contributed by atoms with Crippen LogP contribution in [0.5, 0.6) is 0 Å². The minimum Gasteiger partial charge on any atom is -0.396 e. The molecule has 0 fully saturated rings. The van der Waals surface area contributed by atoms with Gasteiger partial charge in [-0.05, 0) is 3.44 Å². The van der Waals surface area contributed by atoms with Crippen LogP contribution in [0, 0.1) is 45.0 Å². The van der Waals surface area contributed by atoms with E-state index >= 15 is 0 Å². The first-order chi connectivity index (χ1) is 1.73. The second kappa shape index (κ2) is 6.08. The SMILES string of the molecule is [O-][I+2]([O-])O.[Ra]. The summed E-state index contributed by atoms with van der Waals surface area (Å²) >= 11 is -3.76. The minimum atomic E-state index is -3.76. The van der Waals surface area contributed by atoms with Crippen LogP contribution in [0.2, 0.25) is 0 Å². The molecule has 0 bridgehead atoms. The zero-order chi connectivity index (χ0) is 3.58. The Balaban J connectivity index is 0. The Bertz CT molecular complexity index is 11.6. The molecule has 0 aliphatic heterocycles. The van der Waals surface area contributed by atoms with E-state index in [-0.39, 0.29) is 45.0 Å². The molecule has 0 spiro atoms. The Morgan fingerprint density at radius 1 is 1.40 bits per heavy atom. The Morgan fingerprint density at radius 2 is 1.40 bits per heavy atom. The van der Waals surface area contributed by atoms with E-state index in [0.717, 1.165) is 0 Å². The third kappa shape index (κ3) is 23.4. The third-order valence-electron chi connectivity index (χ3n) is 0. The van der Waals surface area contributed by atoms with Crippen LogP contribution in [0.15, 0.2) is 0 Å². The van der Waals surface area contributed by atoms with Crippen LogP contribution >= 0.6 is 0 Å². The summed E-state index contributed by atoms with van der Waals surface area (Å²) in [5.41, 5.74) is 0. The third-order valence-corrected chi connectivity index (χ3v) is 0. The monoisotopic (exact) mass is 402 g/mol. The number of halogens is 1. The van der Waals surface area contributed by atoms with Crippen LogP contribution in [0.3, 0.4) is 0 Å². The van der Waals surface area contributed by atoms with Gasteiger partial charge in [-0.15, -0.1) is 0 Å². The molecule has 0 unspecified atom stereocenters. The molecule has 0 saturated carbocycles. The van der Waals surface area contributed by atoms with Crippen molar-refractivity contribution in [2.45, 2.75) is 0 Å². The zero-order valence-corrected chi connectivity index (χ0v) is 10.3. The first kappa shape index (κ1) is 10.1. The molecule has 0 aromatic heterocycles. The fraction of sp³-hybridized carbons (Fsp3) is 0. The quantitative estimate of drug-likeness (QED) is 0.411. The van der Waals surface area contributed by atoms with Gasteiger partial charge in [0, 0.05) is 45.0 Å². The molecule has 28 valence electrons. The molecule has 0 aromatic carbocycles. The molecule has 1 N–H and O–H groups in total. The van der Waals surface area contributed by atoms with Gasteiger partial charge in [-0.3, -0.25) is 0 Å². The molecule has 0 atom stereocenters. The van der Waals surface area contributed by atoms with Gasteiger partial charge in [0.05, 0.1) is 0 Å². The van der Waals surface area contributed by atoms with Crippen LogP contribution in [-0.2, 0) is 0 Å². The van der Waals surface area contributed by atoms with E-state index in [2.05, 4.69) is 0 Å². The predicted octanol–water partition coefficient (Wildman–Crippen LogP) is -5.93. The summed E-state index contributed by atoms with van der Waals surface area (Å²) in [6, 6.07) is 0. The molecule has 3 nitrogen and oxygen atoms in total. The summed E-state index contributed by atoms with van der Waals surface area (Å²) in [4.78, 5) is 0. The van der Waals surface area contributed by atoms with Gasteiger partial charge in [-0.2, -0.15) is 0 Å². The number of rotatable bonds is 0. The molecular formula is HIO3Ra. The summed E-state index contributed by atoms with van der Waals surface area (Å²) in [5.74, 6) is 0. The normalized spacial score (nSPS) is 7.20. The van der Waals surface area contributed by atoms with Crippen LogP contribution < -0.4 is 27.9 Å². The molecule has 0 rings (SSSR count). The van der Waals surface area contributed by atoms with Crippen molar-refractivity contribution < 1.29 is 76.4 Å². The maximum Gasteiger partial charge on any atom is 0.503 e. The molecule has 0 aromatic rings. The second-order valence-corrected chi connectivity index (χ2v) is 1.35. The van der Waals surface area contributed by atoms with Crippen LogP contribution in [0.4, 0.5) is 0 Å². The van der Waals surface area contributed by atoms with Crippen molar-refractivity contribution in [3.63, 3.8) is 0 Å². The van der Waals surface area contributed by atoms with Crippen molar-refractivity contribution in [1.82, 2.24) is 0 Å². The van der Waals surface area contributed by atoms with Crippen molar-refractivity contribution in [2.24, 2.45) is 0 Å². The molecule has 0 heterocycles. The molecule has 0 amide bonds. The molecule has 5 heteroatoms. The van der Waals surface area contributed by atoms with E-state index in [9.17, 15) is 0 Å². The Hall–Kier alpha value is 2.08. The number of hydrogen-bond donors (Lipinski definition) is 1. The van der Waals surface area contributed by atoms with E-state index in [1.807, 2.05) is 0 Å². The van der Waals surface area contributed by atoms with Crippen molar-refractivity contribution in [2.75, 3.05) is 0 Å². The van der Waals surface area contributed by atoms with Gasteiger partial charge >= 0.3 is 21.1 Å². The van der Waals surface area contributed by atoms with Crippen molar-refractivity contribution in [3.05, 3.63) is 0 Å². The fourth-order valence-corrected chi connectivity index (χ4v) is 0. The van der Waals surface area contributed by atoms with Gasteiger partial charge in [0.15, 0.2) is 0 Å². The maximum atomic E-state index is 8.68. The zero-order valence-electron chi connectivity index (χ0n) is 2.35.